The third-order valence-corrected chi connectivity index (χ3v) is 3.58. The van der Waals surface area contributed by atoms with Gasteiger partial charge in [0.05, 0.1) is 5.69 Å². The minimum atomic E-state index is -0.908. The Hall–Kier alpha value is -2.21. The van der Waals surface area contributed by atoms with E-state index in [1.165, 1.54) is 12.1 Å². The number of hydrogen-bond acceptors (Lipinski definition) is 2. The van der Waals surface area contributed by atoms with Gasteiger partial charge in [-0.15, -0.1) is 0 Å². The third-order valence-electron chi connectivity index (χ3n) is 3.09. The fourth-order valence-electron chi connectivity index (χ4n) is 1.83. The first kappa shape index (κ1) is 16.2. The minimum absolute atomic E-state index is 0.0424. The zero-order valence-electron chi connectivity index (χ0n) is 11.8. The molecule has 4 nitrogen and oxygen atoms in total. The lowest BCUT2D eigenvalue weighted by Gasteiger charge is -2.09. The standard InChI is InChI=1S/C16H14BrFN2O2/c1-10-4-2-3-5-11(10)9-19-15(21)16(22)20-14-7-6-12(17)8-13(14)18/h2-8H,9H2,1H3,(H,19,21)(H,20,22). The third kappa shape index (κ3) is 4.14. The molecule has 0 saturated heterocycles. The summed E-state index contributed by atoms with van der Waals surface area (Å²) in [7, 11) is 0. The van der Waals surface area contributed by atoms with Crippen molar-refractivity contribution in [1.29, 1.82) is 0 Å². The van der Waals surface area contributed by atoms with Crippen LogP contribution in [0.1, 0.15) is 11.1 Å². The van der Waals surface area contributed by atoms with E-state index in [1.54, 1.807) is 6.07 Å². The topological polar surface area (TPSA) is 58.2 Å². The van der Waals surface area contributed by atoms with E-state index in [0.29, 0.717) is 4.47 Å². The van der Waals surface area contributed by atoms with Crippen LogP contribution in [-0.4, -0.2) is 11.8 Å². The molecule has 6 heteroatoms. The van der Waals surface area contributed by atoms with Crippen LogP contribution in [0.15, 0.2) is 46.9 Å². The first-order valence-electron chi connectivity index (χ1n) is 6.56. The number of halogens is 2. The Morgan fingerprint density at radius 2 is 1.86 bits per heavy atom. The van der Waals surface area contributed by atoms with Crippen molar-refractivity contribution in [2.45, 2.75) is 13.5 Å². The van der Waals surface area contributed by atoms with Crippen LogP contribution in [0.25, 0.3) is 0 Å². The Balaban J connectivity index is 1.95. The second kappa shape index (κ2) is 7.17. The Labute approximate surface area is 135 Å². The molecule has 2 amide bonds. The number of benzene rings is 2. The van der Waals surface area contributed by atoms with E-state index in [-0.39, 0.29) is 12.2 Å². The van der Waals surface area contributed by atoms with Crippen LogP contribution in [0.3, 0.4) is 0 Å². The van der Waals surface area contributed by atoms with Gasteiger partial charge >= 0.3 is 11.8 Å². The molecular weight excluding hydrogens is 351 g/mol. The van der Waals surface area contributed by atoms with Crippen molar-refractivity contribution in [2.24, 2.45) is 0 Å². The Kier molecular flexibility index (Phi) is 5.27. The summed E-state index contributed by atoms with van der Waals surface area (Å²) in [4.78, 5) is 23.5. The van der Waals surface area contributed by atoms with Crippen LogP contribution >= 0.6 is 15.9 Å². The van der Waals surface area contributed by atoms with E-state index in [0.717, 1.165) is 11.1 Å². The summed E-state index contributed by atoms with van der Waals surface area (Å²) in [6.45, 7) is 2.15. The summed E-state index contributed by atoms with van der Waals surface area (Å²) in [5.74, 6) is -2.34. The van der Waals surface area contributed by atoms with E-state index in [2.05, 4.69) is 26.6 Å². The van der Waals surface area contributed by atoms with Crippen molar-refractivity contribution in [3.63, 3.8) is 0 Å². The van der Waals surface area contributed by atoms with E-state index < -0.39 is 17.6 Å². The molecule has 0 unspecified atom stereocenters. The highest BCUT2D eigenvalue weighted by molar-refractivity contribution is 9.10. The van der Waals surface area contributed by atoms with Gasteiger partial charge in [-0.1, -0.05) is 40.2 Å². The van der Waals surface area contributed by atoms with Gasteiger partial charge in [0.2, 0.25) is 0 Å². The summed E-state index contributed by atoms with van der Waals surface area (Å²) in [6.07, 6.45) is 0. The summed E-state index contributed by atoms with van der Waals surface area (Å²) in [5, 5.41) is 4.75. The average molecular weight is 365 g/mol. The van der Waals surface area contributed by atoms with Crippen LogP contribution < -0.4 is 10.6 Å². The number of anilines is 1. The van der Waals surface area contributed by atoms with E-state index in [1.807, 2.05) is 31.2 Å². The second-order valence-corrected chi connectivity index (χ2v) is 5.60. The molecule has 0 aliphatic heterocycles. The number of hydrogen-bond donors (Lipinski definition) is 2. The molecule has 0 fully saturated rings. The van der Waals surface area contributed by atoms with Crippen molar-refractivity contribution in [3.8, 4) is 0 Å². The molecule has 22 heavy (non-hydrogen) atoms. The SMILES string of the molecule is Cc1ccccc1CNC(=O)C(=O)Nc1ccc(Br)cc1F. The van der Waals surface area contributed by atoms with Crippen molar-refractivity contribution in [3.05, 3.63) is 63.9 Å². The van der Waals surface area contributed by atoms with Gasteiger partial charge in [0.15, 0.2) is 0 Å². The van der Waals surface area contributed by atoms with Crippen molar-refractivity contribution in [2.75, 3.05) is 5.32 Å². The van der Waals surface area contributed by atoms with Gasteiger partial charge < -0.3 is 10.6 Å². The maximum absolute atomic E-state index is 13.6. The van der Waals surface area contributed by atoms with E-state index >= 15 is 0 Å². The lowest BCUT2D eigenvalue weighted by Crippen LogP contribution is -2.35. The van der Waals surface area contributed by atoms with Gasteiger partial charge in [-0.25, -0.2) is 4.39 Å². The molecule has 2 rings (SSSR count). The molecule has 0 heterocycles. The summed E-state index contributed by atoms with van der Waals surface area (Å²) < 4.78 is 14.1. The van der Waals surface area contributed by atoms with Crippen LogP contribution in [0, 0.1) is 12.7 Å². The lowest BCUT2D eigenvalue weighted by molar-refractivity contribution is -0.136. The van der Waals surface area contributed by atoms with Gasteiger partial charge in [0.25, 0.3) is 0 Å². The number of amides is 2. The second-order valence-electron chi connectivity index (χ2n) is 4.69. The predicted molar refractivity (Wildman–Crippen MR) is 85.8 cm³/mol. The molecule has 0 aromatic heterocycles. The molecule has 114 valence electrons. The maximum atomic E-state index is 13.6. The highest BCUT2D eigenvalue weighted by Crippen LogP contribution is 2.19. The molecule has 2 N–H and O–H groups in total. The molecule has 0 spiro atoms. The summed E-state index contributed by atoms with van der Waals surface area (Å²) in [6, 6.07) is 11.7. The van der Waals surface area contributed by atoms with Crippen LogP contribution in [0.4, 0.5) is 10.1 Å². The summed E-state index contributed by atoms with van der Waals surface area (Å²) >= 11 is 3.12. The molecular formula is C16H14BrFN2O2. The Morgan fingerprint density at radius 1 is 1.14 bits per heavy atom. The number of aryl methyl sites for hydroxylation is 1. The quantitative estimate of drug-likeness (QED) is 0.821. The normalized spacial score (nSPS) is 10.1. The zero-order valence-corrected chi connectivity index (χ0v) is 13.4. The molecule has 2 aromatic carbocycles. The molecule has 0 saturated carbocycles. The molecule has 0 aliphatic rings. The molecule has 0 aliphatic carbocycles. The van der Waals surface area contributed by atoms with E-state index in [4.69, 9.17) is 0 Å². The average Bonchev–Trinajstić information content (AvgIpc) is 2.49. The zero-order chi connectivity index (χ0) is 16.1. The minimum Gasteiger partial charge on any atom is -0.344 e. The molecule has 2 aromatic rings. The first-order valence-corrected chi connectivity index (χ1v) is 7.35. The predicted octanol–water partition coefficient (Wildman–Crippen LogP) is 3.15. The molecule has 0 atom stereocenters. The number of rotatable bonds is 3. The number of carbonyl (C=O) groups is 2. The van der Waals surface area contributed by atoms with Gasteiger partial charge in [-0.3, -0.25) is 9.59 Å². The highest BCUT2D eigenvalue weighted by atomic mass is 79.9. The smallest absolute Gasteiger partial charge is 0.313 e. The maximum Gasteiger partial charge on any atom is 0.313 e. The van der Waals surface area contributed by atoms with Crippen LogP contribution in [0.2, 0.25) is 0 Å². The largest absolute Gasteiger partial charge is 0.344 e. The summed E-state index contributed by atoms with van der Waals surface area (Å²) in [5.41, 5.74) is 1.89. The first-order chi connectivity index (χ1) is 10.5. The Bertz CT molecular complexity index is 719. The molecule has 0 bridgehead atoms. The van der Waals surface area contributed by atoms with Crippen LogP contribution in [-0.2, 0) is 16.1 Å². The number of carbonyl (C=O) groups excluding carboxylic acids is 2. The fourth-order valence-corrected chi connectivity index (χ4v) is 2.17. The Morgan fingerprint density at radius 3 is 2.55 bits per heavy atom. The van der Waals surface area contributed by atoms with Gasteiger partial charge in [0.1, 0.15) is 5.82 Å². The molecule has 0 radical (unpaired) electrons. The van der Waals surface area contributed by atoms with Crippen molar-refractivity contribution >= 4 is 33.4 Å². The van der Waals surface area contributed by atoms with E-state index in [9.17, 15) is 14.0 Å². The van der Waals surface area contributed by atoms with Gasteiger partial charge in [-0.05, 0) is 36.2 Å². The van der Waals surface area contributed by atoms with Crippen molar-refractivity contribution in [1.82, 2.24) is 5.32 Å². The van der Waals surface area contributed by atoms with Gasteiger partial charge in [-0.2, -0.15) is 0 Å². The monoisotopic (exact) mass is 364 g/mol. The number of nitrogens with one attached hydrogen (secondary N) is 2. The van der Waals surface area contributed by atoms with Crippen LogP contribution in [0.5, 0.6) is 0 Å². The lowest BCUT2D eigenvalue weighted by atomic mass is 10.1. The van der Waals surface area contributed by atoms with Gasteiger partial charge in [0, 0.05) is 11.0 Å². The van der Waals surface area contributed by atoms with Crippen molar-refractivity contribution < 1.29 is 14.0 Å². The highest BCUT2D eigenvalue weighted by Gasteiger charge is 2.15. The fraction of sp³-hybridized carbons (Fsp3) is 0.125.